The summed E-state index contributed by atoms with van der Waals surface area (Å²) in [7, 11) is 0. The molecule has 5 nitrogen and oxygen atoms in total. The van der Waals surface area contributed by atoms with E-state index in [-0.39, 0.29) is 0 Å². The first-order valence-electron chi connectivity index (χ1n) is 4.37. The second kappa shape index (κ2) is 3.87. The Labute approximate surface area is 81.6 Å². The highest BCUT2D eigenvalue weighted by Crippen LogP contribution is 2.00. The van der Waals surface area contributed by atoms with Crippen molar-refractivity contribution in [2.45, 2.75) is 13.0 Å². The van der Waals surface area contributed by atoms with Gasteiger partial charge in [-0.15, -0.1) is 0 Å². The molecule has 2 aromatic rings. The van der Waals surface area contributed by atoms with Gasteiger partial charge in [-0.05, 0) is 0 Å². The number of anilines is 1. The molecule has 0 atom stereocenters. The summed E-state index contributed by atoms with van der Waals surface area (Å²) in [6, 6.07) is 0. The van der Waals surface area contributed by atoms with Gasteiger partial charge in [0.2, 0.25) is 0 Å². The van der Waals surface area contributed by atoms with Crippen LogP contribution in [-0.4, -0.2) is 19.7 Å². The van der Waals surface area contributed by atoms with Crippen LogP contribution in [0, 0.1) is 0 Å². The molecule has 2 aromatic heterocycles. The van der Waals surface area contributed by atoms with Crippen LogP contribution in [0.25, 0.3) is 0 Å². The number of nitrogens with two attached hydrogens (primary N) is 1. The molecule has 0 aliphatic carbocycles. The van der Waals surface area contributed by atoms with Crippen LogP contribution >= 0.6 is 0 Å². The highest BCUT2D eigenvalue weighted by molar-refractivity contribution is 5.30. The average molecular weight is 189 g/mol. The van der Waals surface area contributed by atoms with E-state index in [1.165, 1.54) is 0 Å². The van der Waals surface area contributed by atoms with Crippen LogP contribution in [0.1, 0.15) is 5.69 Å². The van der Waals surface area contributed by atoms with Crippen LogP contribution in [0.4, 0.5) is 5.69 Å². The fourth-order valence-corrected chi connectivity index (χ4v) is 1.19. The van der Waals surface area contributed by atoms with Gasteiger partial charge in [0.15, 0.2) is 0 Å². The SMILES string of the molecule is Nc1cnn(CCc2cnccn2)c1. The van der Waals surface area contributed by atoms with Crippen molar-refractivity contribution in [3.8, 4) is 0 Å². The Morgan fingerprint density at radius 1 is 1.29 bits per heavy atom. The molecule has 2 rings (SSSR count). The number of hydrogen-bond acceptors (Lipinski definition) is 4. The van der Waals surface area contributed by atoms with E-state index in [1.807, 2.05) is 0 Å². The Morgan fingerprint density at radius 3 is 2.86 bits per heavy atom. The molecule has 0 amide bonds. The molecule has 0 radical (unpaired) electrons. The van der Waals surface area contributed by atoms with E-state index in [2.05, 4.69) is 15.1 Å². The molecule has 0 aliphatic rings. The largest absolute Gasteiger partial charge is 0.396 e. The predicted octanol–water partition coefficient (Wildman–Crippen LogP) is 0.498. The zero-order chi connectivity index (χ0) is 9.80. The van der Waals surface area contributed by atoms with Crippen LogP contribution in [0.2, 0.25) is 0 Å². The summed E-state index contributed by atoms with van der Waals surface area (Å²) in [5, 5.41) is 4.07. The number of aryl methyl sites for hydroxylation is 2. The molecule has 0 fully saturated rings. The monoisotopic (exact) mass is 189 g/mol. The summed E-state index contributed by atoms with van der Waals surface area (Å²) in [5.74, 6) is 0. The topological polar surface area (TPSA) is 69.6 Å². The highest BCUT2D eigenvalue weighted by atomic mass is 15.3. The van der Waals surface area contributed by atoms with Crippen LogP contribution in [-0.2, 0) is 13.0 Å². The van der Waals surface area contributed by atoms with Gasteiger partial charge in [0.05, 0.1) is 17.6 Å². The second-order valence-corrected chi connectivity index (χ2v) is 2.98. The van der Waals surface area contributed by atoms with E-state index < -0.39 is 0 Å². The zero-order valence-corrected chi connectivity index (χ0v) is 7.67. The van der Waals surface area contributed by atoms with Crippen molar-refractivity contribution in [3.05, 3.63) is 36.7 Å². The van der Waals surface area contributed by atoms with Crippen LogP contribution in [0.5, 0.6) is 0 Å². The Balaban J connectivity index is 1.95. The second-order valence-electron chi connectivity index (χ2n) is 2.98. The van der Waals surface area contributed by atoms with E-state index in [9.17, 15) is 0 Å². The third-order valence-corrected chi connectivity index (χ3v) is 1.87. The summed E-state index contributed by atoms with van der Waals surface area (Å²) in [4.78, 5) is 8.15. The minimum absolute atomic E-state index is 0.684. The molecule has 0 aromatic carbocycles. The summed E-state index contributed by atoms with van der Waals surface area (Å²) in [6.07, 6.45) is 9.36. The number of hydrogen-bond donors (Lipinski definition) is 1. The Hall–Kier alpha value is -1.91. The zero-order valence-electron chi connectivity index (χ0n) is 7.67. The van der Waals surface area contributed by atoms with Crippen molar-refractivity contribution < 1.29 is 0 Å². The lowest BCUT2D eigenvalue weighted by molar-refractivity contribution is 0.607. The Bertz CT molecular complexity index is 395. The number of rotatable bonds is 3. The molecule has 0 bridgehead atoms. The summed E-state index contributed by atoms with van der Waals surface area (Å²) in [5.41, 5.74) is 7.18. The third-order valence-electron chi connectivity index (χ3n) is 1.87. The molecule has 72 valence electrons. The first-order chi connectivity index (χ1) is 6.84. The van der Waals surface area contributed by atoms with Gasteiger partial charge < -0.3 is 5.73 Å². The van der Waals surface area contributed by atoms with Crippen LogP contribution in [0.3, 0.4) is 0 Å². The lowest BCUT2D eigenvalue weighted by atomic mass is 10.3. The smallest absolute Gasteiger partial charge is 0.0719 e. The van der Waals surface area contributed by atoms with Gasteiger partial charge in [0.1, 0.15) is 0 Å². The maximum Gasteiger partial charge on any atom is 0.0719 e. The van der Waals surface area contributed by atoms with E-state index in [0.29, 0.717) is 5.69 Å². The van der Waals surface area contributed by atoms with Gasteiger partial charge in [-0.25, -0.2) is 0 Å². The van der Waals surface area contributed by atoms with Gasteiger partial charge in [-0.2, -0.15) is 5.10 Å². The first-order valence-corrected chi connectivity index (χ1v) is 4.37. The normalized spacial score (nSPS) is 10.3. The van der Waals surface area contributed by atoms with Crippen molar-refractivity contribution in [1.82, 2.24) is 19.7 Å². The maximum absolute atomic E-state index is 5.54. The summed E-state index contributed by atoms with van der Waals surface area (Å²) >= 11 is 0. The third kappa shape index (κ3) is 2.07. The number of nitrogen functional groups attached to an aromatic ring is 1. The lowest BCUT2D eigenvalue weighted by Crippen LogP contribution is -2.03. The molecule has 2 N–H and O–H groups in total. The van der Waals surface area contributed by atoms with Crippen LogP contribution in [0.15, 0.2) is 31.0 Å². The fraction of sp³-hybridized carbons (Fsp3) is 0.222. The average Bonchev–Trinajstić information content (AvgIpc) is 2.63. The van der Waals surface area contributed by atoms with Crippen molar-refractivity contribution >= 4 is 5.69 Å². The minimum Gasteiger partial charge on any atom is -0.396 e. The fourth-order valence-electron chi connectivity index (χ4n) is 1.19. The van der Waals surface area contributed by atoms with Crippen molar-refractivity contribution in [2.24, 2.45) is 0 Å². The molecule has 0 spiro atoms. The van der Waals surface area contributed by atoms with Gasteiger partial charge in [-0.1, -0.05) is 0 Å². The standard InChI is InChI=1S/C9H11N5/c10-8-5-13-14(7-8)4-1-9-6-11-2-3-12-9/h2-3,5-7H,1,4,10H2. The highest BCUT2D eigenvalue weighted by Gasteiger charge is 1.96. The molecular weight excluding hydrogens is 178 g/mol. The van der Waals surface area contributed by atoms with Crippen molar-refractivity contribution in [3.63, 3.8) is 0 Å². The van der Waals surface area contributed by atoms with Gasteiger partial charge in [0.25, 0.3) is 0 Å². The van der Waals surface area contributed by atoms with Gasteiger partial charge >= 0.3 is 0 Å². The lowest BCUT2D eigenvalue weighted by Gasteiger charge is -1.99. The molecule has 5 heteroatoms. The minimum atomic E-state index is 0.684. The van der Waals surface area contributed by atoms with Gasteiger partial charge in [0, 0.05) is 37.8 Å². The molecule has 2 heterocycles. The van der Waals surface area contributed by atoms with Crippen LogP contribution < -0.4 is 5.73 Å². The van der Waals surface area contributed by atoms with E-state index in [4.69, 9.17) is 5.73 Å². The quantitative estimate of drug-likeness (QED) is 0.763. The molecule has 0 unspecified atom stereocenters. The molecule has 0 aliphatic heterocycles. The molecule has 14 heavy (non-hydrogen) atoms. The van der Waals surface area contributed by atoms with E-state index >= 15 is 0 Å². The van der Waals surface area contributed by atoms with Crippen molar-refractivity contribution in [2.75, 3.05) is 5.73 Å². The van der Waals surface area contributed by atoms with Crippen molar-refractivity contribution in [1.29, 1.82) is 0 Å². The first kappa shape index (κ1) is 8.68. The predicted molar refractivity (Wildman–Crippen MR) is 52.4 cm³/mol. The van der Waals surface area contributed by atoms with E-state index in [1.54, 1.807) is 35.7 Å². The molecule has 0 saturated heterocycles. The molecular formula is C9H11N5. The summed E-state index contributed by atoms with van der Waals surface area (Å²) in [6.45, 7) is 0.774. The summed E-state index contributed by atoms with van der Waals surface area (Å²) < 4.78 is 1.80. The number of aromatic nitrogens is 4. The maximum atomic E-state index is 5.54. The molecule has 0 saturated carbocycles. The Kier molecular flexibility index (Phi) is 2.40. The number of nitrogens with zero attached hydrogens (tertiary/aromatic N) is 4. The van der Waals surface area contributed by atoms with Gasteiger partial charge in [-0.3, -0.25) is 14.6 Å². The Morgan fingerprint density at radius 2 is 2.21 bits per heavy atom. The van der Waals surface area contributed by atoms with E-state index in [0.717, 1.165) is 18.7 Å².